The van der Waals surface area contributed by atoms with Crippen LogP contribution in [0.3, 0.4) is 0 Å². The van der Waals surface area contributed by atoms with Crippen molar-refractivity contribution in [3.05, 3.63) is 0 Å². The largest absolute Gasteiger partial charge is 0.511 e. The molecule has 1 aliphatic rings. The molecule has 0 aromatic rings. The lowest BCUT2D eigenvalue weighted by Gasteiger charge is -2.10. The molecular formula is C9H14O5. The summed E-state index contributed by atoms with van der Waals surface area (Å²) in [7, 11) is 0. The molecule has 0 bridgehead atoms. The van der Waals surface area contributed by atoms with Gasteiger partial charge in [-0.25, -0.2) is 4.79 Å². The SMILES string of the molecule is CC(=O)OCOC(=O)OC1CCCC1. The average Bonchev–Trinajstić information content (AvgIpc) is 2.56. The van der Waals surface area contributed by atoms with E-state index in [1.165, 1.54) is 6.92 Å². The van der Waals surface area contributed by atoms with Gasteiger partial charge in [-0.1, -0.05) is 0 Å². The van der Waals surface area contributed by atoms with Crippen LogP contribution in [-0.2, 0) is 19.0 Å². The smallest absolute Gasteiger partial charge is 0.431 e. The topological polar surface area (TPSA) is 61.8 Å². The number of ether oxygens (including phenoxy) is 3. The number of carbonyl (C=O) groups excluding carboxylic acids is 2. The summed E-state index contributed by atoms with van der Waals surface area (Å²) in [5.41, 5.74) is 0. The number of esters is 1. The van der Waals surface area contributed by atoms with Crippen molar-refractivity contribution in [2.45, 2.75) is 38.7 Å². The van der Waals surface area contributed by atoms with E-state index in [0.29, 0.717) is 0 Å². The molecular weight excluding hydrogens is 188 g/mol. The van der Waals surface area contributed by atoms with Crippen molar-refractivity contribution in [2.24, 2.45) is 0 Å². The zero-order valence-corrected chi connectivity index (χ0v) is 8.15. The van der Waals surface area contributed by atoms with Crippen molar-refractivity contribution >= 4 is 12.1 Å². The van der Waals surface area contributed by atoms with Crippen molar-refractivity contribution < 1.29 is 23.8 Å². The first-order chi connectivity index (χ1) is 6.68. The second-order valence-electron chi connectivity index (χ2n) is 3.17. The minimum atomic E-state index is -0.766. The van der Waals surface area contributed by atoms with Crippen molar-refractivity contribution in [3.8, 4) is 0 Å². The maximum atomic E-state index is 10.9. The molecule has 80 valence electrons. The summed E-state index contributed by atoms with van der Waals surface area (Å²) in [5, 5.41) is 0. The summed E-state index contributed by atoms with van der Waals surface area (Å²) < 4.78 is 13.9. The normalized spacial score (nSPS) is 16.4. The zero-order valence-electron chi connectivity index (χ0n) is 8.15. The van der Waals surface area contributed by atoms with E-state index in [-0.39, 0.29) is 12.9 Å². The van der Waals surface area contributed by atoms with E-state index in [0.717, 1.165) is 25.7 Å². The van der Waals surface area contributed by atoms with Crippen LogP contribution < -0.4 is 0 Å². The third kappa shape index (κ3) is 4.11. The fourth-order valence-electron chi connectivity index (χ4n) is 1.34. The van der Waals surface area contributed by atoms with Crippen LogP contribution in [-0.4, -0.2) is 25.0 Å². The van der Waals surface area contributed by atoms with Gasteiger partial charge in [-0.05, 0) is 25.7 Å². The van der Waals surface area contributed by atoms with Gasteiger partial charge in [-0.15, -0.1) is 0 Å². The highest BCUT2D eigenvalue weighted by Gasteiger charge is 2.19. The van der Waals surface area contributed by atoms with Crippen LogP contribution in [0.1, 0.15) is 32.6 Å². The van der Waals surface area contributed by atoms with E-state index in [2.05, 4.69) is 9.47 Å². The van der Waals surface area contributed by atoms with Gasteiger partial charge in [-0.2, -0.15) is 0 Å². The Morgan fingerprint density at radius 2 is 1.86 bits per heavy atom. The molecule has 1 aliphatic carbocycles. The summed E-state index contributed by atoms with van der Waals surface area (Å²) in [4.78, 5) is 21.3. The Bertz CT molecular complexity index is 207. The molecule has 5 heteroatoms. The van der Waals surface area contributed by atoms with Crippen LogP contribution >= 0.6 is 0 Å². The van der Waals surface area contributed by atoms with Crippen LogP contribution in [0.2, 0.25) is 0 Å². The minimum Gasteiger partial charge on any atom is -0.431 e. The van der Waals surface area contributed by atoms with E-state index < -0.39 is 12.1 Å². The molecule has 0 spiro atoms. The lowest BCUT2D eigenvalue weighted by molar-refractivity contribution is -0.150. The van der Waals surface area contributed by atoms with Crippen LogP contribution in [0, 0.1) is 0 Å². The molecule has 0 aliphatic heterocycles. The molecule has 0 aromatic heterocycles. The monoisotopic (exact) mass is 202 g/mol. The van der Waals surface area contributed by atoms with Gasteiger partial charge in [0, 0.05) is 6.92 Å². The molecule has 1 rings (SSSR count). The number of rotatable bonds is 3. The number of hydrogen-bond donors (Lipinski definition) is 0. The van der Waals surface area contributed by atoms with Gasteiger partial charge in [-0.3, -0.25) is 4.79 Å². The van der Waals surface area contributed by atoms with Crippen molar-refractivity contribution in [1.82, 2.24) is 0 Å². The second-order valence-corrected chi connectivity index (χ2v) is 3.17. The van der Waals surface area contributed by atoms with Crippen LogP contribution in [0.4, 0.5) is 4.79 Å². The van der Waals surface area contributed by atoms with E-state index in [1.807, 2.05) is 0 Å². The molecule has 0 unspecified atom stereocenters. The summed E-state index contributed by atoms with van der Waals surface area (Å²) in [6.45, 7) is 0.868. The first-order valence-corrected chi connectivity index (χ1v) is 4.65. The van der Waals surface area contributed by atoms with Gasteiger partial charge in [0.25, 0.3) is 0 Å². The van der Waals surface area contributed by atoms with Gasteiger partial charge in [0.1, 0.15) is 6.10 Å². The van der Waals surface area contributed by atoms with E-state index in [1.54, 1.807) is 0 Å². The van der Waals surface area contributed by atoms with Gasteiger partial charge < -0.3 is 14.2 Å². The first-order valence-electron chi connectivity index (χ1n) is 4.65. The lowest BCUT2D eigenvalue weighted by Crippen LogP contribution is -2.17. The zero-order chi connectivity index (χ0) is 10.4. The quantitative estimate of drug-likeness (QED) is 0.513. The van der Waals surface area contributed by atoms with Gasteiger partial charge in [0.2, 0.25) is 6.79 Å². The molecule has 14 heavy (non-hydrogen) atoms. The summed E-state index contributed by atoms with van der Waals surface area (Å²) in [6, 6.07) is 0. The number of carbonyl (C=O) groups is 2. The standard InChI is InChI=1S/C9H14O5/c1-7(10)12-6-13-9(11)14-8-4-2-3-5-8/h8H,2-6H2,1H3. The Hall–Kier alpha value is -1.26. The summed E-state index contributed by atoms with van der Waals surface area (Å²) in [6.07, 6.45) is 3.16. The van der Waals surface area contributed by atoms with Crippen molar-refractivity contribution in [1.29, 1.82) is 0 Å². The molecule has 1 saturated carbocycles. The highest BCUT2D eigenvalue weighted by atomic mass is 16.8. The summed E-state index contributed by atoms with van der Waals surface area (Å²) in [5.74, 6) is -0.487. The average molecular weight is 202 g/mol. The maximum absolute atomic E-state index is 10.9. The Kier molecular flexibility index (Phi) is 4.22. The second kappa shape index (κ2) is 5.47. The molecule has 0 N–H and O–H groups in total. The van der Waals surface area contributed by atoms with Gasteiger partial charge in [0.15, 0.2) is 0 Å². The Morgan fingerprint density at radius 3 is 2.43 bits per heavy atom. The van der Waals surface area contributed by atoms with Crippen LogP contribution in [0.25, 0.3) is 0 Å². The van der Waals surface area contributed by atoms with Gasteiger partial charge in [0.05, 0.1) is 0 Å². The molecule has 0 saturated heterocycles. The van der Waals surface area contributed by atoms with Crippen molar-refractivity contribution in [3.63, 3.8) is 0 Å². The van der Waals surface area contributed by atoms with Gasteiger partial charge >= 0.3 is 12.1 Å². The molecule has 0 heterocycles. The molecule has 0 radical (unpaired) electrons. The third-order valence-corrected chi connectivity index (χ3v) is 2.00. The predicted octanol–water partition coefficient (Wildman–Crippen LogP) is 1.60. The predicted molar refractivity (Wildman–Crippen MR) is 46.5 cm³/mol. The van der Waals surface area contributed by atoms with Crippen LogP contribution in [0.15, 0.2) is 0 Å². The first kappa shape index (κ1) is 10.8. The highest BCUT2D eigenvalue weighted by molar-refractivity contribution is 5.66. The molecule has 1 fully saturated rings. The number of hydrogen-bond acceptors (Lipinski definition) is 5. The maximum Gasteiger partial charge on any atom is 0.511 e. The molecule has 0 atom stereocenters. The highest BCUT2D eigenvalue weighted by Crippen LogP contribution is 2.21. The van der Waals surface area contributed by atoms with Crippen molar-refractivity contribution in [2.75, 3.05) is 6.79 Å². The fourth-order valence-corrected chi connectivity index (χ4v) is 1.34. The fraction of sp³-hybridized carbons (Fsp3) is 0.778. The third-order valence-electron chi connectivity index (χ3n) is 2.00. The molecule has 0 aromatic carbocycles. The lowest BCUT2D eigenvalue weighted by atomic mass is 10.3. The van der Waals surface area contributed by atoms with E-state index in [9.17, 15) is 9.59 Å². The van der Waals surface area contributed by atoms with E-state index in [4.69, 9.17) is 4.74 Å². The Morgan fingerprint density at radius 1 is 1.21 bits per heavy atom. The Balaban J connectivity index is 2.06. The van der Waals surface area contributed by atoms with Crippen LogP contribution in [0.5, 0.6) is 0 Å². The molecule has 0 amide bonds. The minimum absolute atomic E-state index is 0.0279. The van der Waals surface area contributed by atoms with E-state index >= 15 is 0 Å². The molecule has 5 nitrogen and oxygen atoms in total. The Labute approximate surface area is 82.3 Å². The summed E-state index contributed by atoms with van der Waals surface area (Å²) >= 11 is 0.